The molecule has 0 unspecified atom stereocenters. The van der Waals surface area contributed by atoms with Gasteiger partial charge in [0.05, 0.1) is 0 Å². The highest BCUT2D eigenvalue weighted by molar-refractivity contribution is 6.67. The third-order valence-electron chi connectivity index (χ3n) is 1.32. The van der Waals surface area contributed by atoms with E-state index in [2.05, 4.69) is 43.0 Å². The molecule has 0 spiro atoms. The van der Waals surface area contributed by atoms with E-state index in [0.29, 0.717) is 6.85 Å². The number of rotatable bonds is 1. The summed E-state index contributed by atoms with van der Waals surface area (Å²) >= 11 is 0. The molecule has 0 aromatic heterocycles. The minimum absolute atomic E-state index is 0.537. The minimum Gasteiger partial charge on any atom is -0.340 e. The fraction of sp³-hybridized carbons (Fsp3) is 0.333. The summed E-state index contributed by atoms with van der Waals surface area (Å²) in [4.78, 5) is 2.17. The minimum atomic E-state index is 0.537. The van der Waals surface area contributed by atoms with Gasteiger partial charge < -0.3 is 4.81 Å². The van der Waals surface area contributed by atoms with E-state index in [-0.39, 0.29) is 0 Å². The predicted octanol–water partition coefficient (Wildman–Crippen LogP) is 0.744. The van der Waals surface area contributed by atoms with Crippen LogP contribution in [-0.4, -0.2) is 25.8 Å². The molecule has 0 aromatic carbocycles. The first-order valence-electron chi connectivity index (χ1n) is 2.82. The molecule has 0 saturated carbocycles. The smallest absolute Gasteiger partial charge is 0.276 e. The summed E-state index contributed by atoms with van der Waals surface area (Å²) in [7, 11) is 4.15. The Bertz CT molecular complexity index is 114. The van der Waals surface area contributed by atoms with Crippen molar-refractivity contribution in [2.75, 3.05) is 14.1 Å². The van der Waals surface area contributed by atoms with Gasteiger partial charge in [-0.05, 0) is 14.1 Å². The van der Waals surface area contributed by atoms with E-state index < -0.39 is 0 Å². The van der Waals surface area contributed by atoms with Gasteiger partial charge >= 0.3 is 0 Å². The molecule has 1 heterocycles. The summed E-state index contributed by atoms with van der Waals surface area (Å²) in [6.07, 6.45) is 4.15. The highest BCUT2D eigenvalue weighted by atomic mass is 15.0. The molecule has 0 amide bonds. The van der Waals surface area contributed by atoms with Crippen LogP contribution in [0.2, 0.25) is 0 Å². The summed E-state index contributed by atoms with van der Waals surface area (Å²) in [5.41, 5.74) is 0. The molecule has 42 valence electrons. The molecule has 0 fully saturated rings. The summed E-state index contributed by atoms with van der Waals surface area (Å²) in [6, 6.07) is 0. The quantitative estimate of drug-likeness (QED) is 0.446. The Balaban J connectivity index is 2.49. The largest absolute Gasteiger partial charge is 0.340 e. The molecule has 0 atom stereocenters. The molecule has 0 radical (unpaired) electrons. The molecule has 0 N–H and O–H groups in total. The maximum atomic E-state index is 2.17. The van der Waals surface area contributed by atoms with Gasteiger partial charge in [-0.2, -0.15) is 0 Å². The lowest BCUT2D eigenvalue weighted by Crippen LogP contribution is -2.27. The van der Waals surface area contributed by atoms with Crippen molar-refractivity contribution < 1.29 is 0 Å². The SMILES string of the molecule is CN(C)B1C=CC=C1. The molecule has 1 aliphatic rings. The van der Waals surface area contributed by atoms with Gasteiger partial charge in [-0.3, -0.25) is 0 Å². The van der Waals surface area contributed by atoms with Crippen molar-refractivity contribution in [1.82, 2.24) is 4.81 Å². The maximum absolute atomic E-state index is 2.17. The van der Waals surface area contributed by atoms with Crippen LogP contribution in [0.15, 0.2) is 24.1 Å². The van der Waals surface area contributed by atoms with Crippen LogP contribution in [-0.2, 0) is 0 Å². The molecule has 2 heteroatoms. The topological polar surface area (TPSA) is 3.24 Å². The summed E-state index contributed by atoms with van der Waals surface area (Å²) < 4.78 is 0. The van der Waals surface area contributed by atoms with E-state index in [0.717, 1.165) is 0 Å². The van der Waals surface area contributed by atoms with Crippen LogP contribution in [0.1, 0.15) is 0 Å². The zero-order chi connectivity index (χ0) is 5.98. The van der Waals surface area contributed by atoms with E-state index in [4.69, 9.17) is 0 Å². The van der Waals surface area contributed by atoms with E-state index in [1.165, 1.54) is 0 Å². The molecule has 1 nitrogen and oxygen atoms in total. The highest BCUT2D eigenvalue weighted by Crippen LogP contribution is 1.98. The molecule has 1 rings (SSSR count). The van der Waals surface area contributed by atoms with E-state index >= 15 is 0 Å². The Kier molecular flexibility index (Phi) is 1.54. The highest BCUT2D eigenvalue weighted by Gasteiger charge is 2.09. The molecule has 0 aliphatic carbocycles. The first kappa shape index (κ1) is 5.64. The van der Waals surface area contributed by atoms with Crippen LogP contribution in [0.3, 0.4) is 0 Å². The van der Waals surface area contributed by atoms with Crippen molar-refractivity contribution >= 4 is 6.85 Å². The van der Waals surface area contributed by atoms with Crippen molar-refractivity contribution in [3.63, 3.8) is 0 Å². The van der Waals surface area contributed by atoms with Crippen LogP contribution in [0, 0.1) is 0 Å². The summed E-state index contributed by atoms with van der Waals surface area (Å²) in [5, 5.41) is 0. The number of hydrogen-bond donors (Lipinski definition) is 0. The van der Waals surface area contributed by atoms with Gasteiger partial charge in [-0.25, -0.2) is 0 Å². The fourth-order valence-corrected chi connectivity index (χ4v) is 0.764. The van der Waals surface area contributed by atoms with Gasteiger partial charge in [0.1, 0.15) is 0 Å². The van der Waals surface area contributed by atoms with Crippen LogP contribution >= 0.6 is 0 Å². The second kappa shape index (κ2) is 2.18. The van der Waals surface area contributed by atoms with Gasteiger partial charge in [0, 0.05) is 0 Å². The lowest BCUT2D eigenvalue weighted by Gasteiger charge is -2.09. The fourth-order valence-electron chi connectivity index (χ4n) is 0.764. The van der Waals surface area contributed by atoms with Gasteiger partial charge in [0.15, 0.2) is 0 Å². The molecular weight excluding hydrogens is 96.9 g/mol. The Morgan fingerprint density at radius 1 is 1.12 bits per heavy atom. The second-order valence-electron chi connectivity index (χ2n) is 2.22. The maximum Gasteiger partial charge on any atom is 0.276 e. The average Bonchev–Trinajstić information content (AvgIpc) is 2.12. The third kappa shape index (κ3) is 1.01. The van der Waals surface area contributed by atoms with Crippen molar-refractivity contribution in [2.24, 2.45) is 0 Å². The third-order valence-corrected chi connectivity index (χ3v) is 1.32. The molecule has 0 bridgehead atoms. The zero-order valence-electron chi connectivity index (χ0n) is 5.33. The lowest BCUT2D eigenvalue weighted by atomic mass is 9.63. The Morgan fingerprint density at radius 3 is 1.88 bits per heavy atom. The van der Waals surface area contributed by atoms with Crippen molar-refractivity contribution in [1.29, 1.82) is 0 Å². The van der Waals surface area contributed by atoms with Crippen LogP contribution < -0.4 is 0 Å². The van der Waals surface area contributed by atoms with E-state index in [9.17, 15) is 0 Å². The van der Waals surface area contributed by atoms with Gasteiger partial charge in [0.25, 0.3) is 6.85 Å². The van der Waals surface area contributed by atoms with E-state index in [1.807, 2.05) is 0 Å². The number of hydrogen-bond acceptors (Lipinski definition) is 1. The zero-order valence-corrected chi connectivity index (χ0v) is 5.33. The van der Waals surface area contributed by atoms with Gasteiger partial charge in [0.2, 0.25) is 0 Å². The van der Waals surface area contributed by atoms with Crippen molar-refractivity contribution in [2.45, 2.75) is 0 Å². The normalized spacial score (nSPS) is 16.6. The van der Waals surface area contributed by atoms with Crippen LogP contribution in [0.5, 0.6) is 0 Å². The first-order valence-corrected chi connectivity index (χ1v) is 2.82. The summed E-state index contributed by atoms with van der Waals surface area (Å²) in [5.74, 6) is 4.33. The lowest BCUT2D eigenvalue weighted by molar-refractivity contribution is 0.657. The molecular formula is C6H10BN. The van der Waals surface area contributed by atoms with Gasteiger partial charge in [-0.15, -0.1) is 0 Å². The van der Waals surface area contributed by atoms with Crippen molar-refractivity contribution in [3.8, 4) is 0 Å². The number of nitrogens with zero attached hydrogens (tertiary/aromatic N) is 1. The molecule has 1 aliphatic heterocycles. The van der Waals surface area contributed by atoms with Crippen molar-refractivity contribution in [3.05, 3.63) is 24.1 Å². The monoisotopic (exact) mass is 107 g/mol. The standard InChI is InChI=1S/C6H10BN/c1-8(2)7-5-3-4-6-7/h3-6H,1-2H3. The first-order chi connectivity index (χ1) is 3.80. The van der Waals surface area contributed by atoms with Gasteiger partial charge in [-0.1, -0.05) is 24.1 Å². The van der Waals surface area contributed by atoms with E-state index in [1.54, 1.807) is 0 Å². The Morgan fingerprint density at radius 2 is 1.62 bits per heavy atom. The molecule has 8 heavy (non-hydrogen) atoms. The van der Waals surface area contributed by atoms with Crippen LogP contribution in [0.4, 0.5) is 0 Å². The molecule has 0 aromatic rings. The number of allylic oxidation sites excluding steroid dienone is 2. The molecule has 0 saturated heterocycles. The summed E-state index contributed by atoms with van der Waals surface area (Å²) in [6.45, 7) is 0.537. The van der Waals surface area contributed by atoms with Crippen LogP contribution in [0.25, 0.3) is 0 Å². The Hall–Kier alpha value is -0.495. The Labute approximate surface area is 50.8 Å². The predicted molar refractivity (Wildman–Crippen MR) is 37.7 cm³/mol. The second-order valence-corrected chi connectivity index (χ2v) is 2.22. The average molecular weight is 107 g/mol.